The van der Waals surface area contributed by atoms with Crippen molar-refractivity contribution in [1.82, 2.24) is 10.7 Å². The minimum absolute atomic E-state index is 0.127. The van der Waals surface area contributed by atoms with Gasteiger partial charge in [0.2, 0.25) is 0 Å². The van der Waals surface area contributed by atoms with Gasteiger partial charge in [-0.2, -0.15) is 5.10 Å². The van der Waals surface area contributed by atoms with Crippen LogP contribution in [0.5, 0.6) is 5.75 Å². The fourth-order valence-electron chi connectivity index (χ4n) is 3.36. The Kier molecular flexibility index (Phi) is 7.02. The van der Waals surface area contributed by atoms with Crippen LogP contribution in [0.4, 0.5) is 0 Å². The zero-order valence-electron chi connectivity index (χ0n) is 16.5. The Morgan fingerprint density at radius 3 is 2.69 bits per heavy atom. The Morgan fingerprint density at radius 2 is 1.97 bits per heavy atom. The largest absolute Gasteiger partial charge is 0.507 e. The van der Waals surface area contributed by atoms with Gasteiger partial charge in [0.15, 0.2) is 0 Å². The smallest absolute Gasteiger partial charge is 0.329 e. The Bertz CT molecular complexity index is 871. The lowest BCUT2D eigenvalue weighted by atomic mass is 10.0. The number of nitrogens with one attached hydrogen (secondary N) is 3. The molecule has 2 amide bonds. The summed E-state index contributed by atoms with van der Waals surface area (Å²) in [5.41, 5.74) is 4.45. The van der Waals surface area contributed by atoms with Crippen molar-refractivity contribution in [3.05, 3.63) is 53.5 Å². The van der Waals surface area contributed by atoms with Crippen LogP contribution in [0.1, 0.15) is 43.1 Å². The van der Waals surface area contributed by atoms with Crippen molar-refractivity contribution in [2.75, 3.05) is 13.1 Å². The van der Waals surface area contributed by atoms with Crippen molar-refractivity contribution >= 4 is 17.5 Å². The number of carbonyl (C=O) groups is 2. The van der Waals surface area contributed by atoms with Crippen LogP contribution in [0.15, 0.2) is 46.1 Å². The second-order valence-electron chi connectivity index (χ2n) is 7.23. The van der Waals surface area contributed by atoms with E-state index < -0.39 is 11.8 Å². The lowest BCUT2D eigenvalue weighted by Crippen LogP contribution is -3.11. The molecule has 29 heavy (non-hydrogen) atoms. The standard InChI is InChI=1S/C21H26N4O4/c1-15(23-24-21(28)20(27)22-13-18-6-5-11-29-18)16-7-8-19(26)17(12-16)14-25-9-3-2-4-10-25/h5-8,11-12,26H,2-4,9-10,13-14H2,1H3,(H,22,27)(H,24,28)/p+1/b23-15+. The van der Waals surface area contributed by atoms with Gasteiger partial charge >= 0.3 is 11.8 Å². The highest BCUT2D eigenvalue weighted by Gasteiger charge is 2.17. The lowest BCUT2D eigenvalue weighted by Gasteiger charge is -2.24. The molecular weight excluding hydrogens is 372 g/mol. The van der Waals surface area contributed by atoms with E-state index in [2.05, 4.69) is 15.8 Å². The number of nitrogens with zero attached hydrogens (tertiary/aromatic N) is 1. The van der Waals surface area contributed by atoms with Crippen molar-refractivity contribution in [2.24, 2.45) is 5.10 Å². The van der Waals surface area contributed by atoms with E-state index in [-0.39, 0.29) is 12.3 Å². The topological polar surface area (TPSA) is 108 Å². The molecule has 0 atom stereocenters. The van der Waals surface area contributed by atoms with Crippen LogP contribution in [0.3, 0.4) is 0 Å². The van der Waals surface area contributed by atoms with Gasteiger partial charge in [0.1, 0.15) is 18.1 Å². The molecule has 1 aromatic heterocycles. The monoisotopic (exact) mass is 399 g/mol. The first-order chi connectivity index (χ1) is 14.0. The summed E-state index contributed by atoms with van der Waals surface area (Å²) in [6.07, 6.45) is 5.19. The molecule has 1 aliphatic heterocycles. The third-order valence-corrected chi connectivity index (χ3v) is 5.03. The molecule has 0 unspecified atom stereocenters. The first-order valence-electron chi connectivity index (χ1n) is 9.83. The molecule has 2 aromatic rings. The van der Waals surface area contributed by atoms with E-state index in [9.17, 15) is 14.7 Å². The molecule has 2 heterocycles. The van der Waals surface area contributed by atoms with E-state index in [1.807, 2.05) is 6.07 Å². The maximum atomic E-state index is 11.9. The highest BCUT2D eigenvalue weighted by Crippen LogP contribution is 2.18. The zero-order chi connectivity index (χ0) is 20.6. The summed E-state index contributed by atoms with van der Waals surface area (Å²) >= 11 is 0. The number of rotatable bonds is 6. The lowest BCUT2D eigenvalue weighted by molar-refractivity contribution is -0.918. The van der Waals surface area contributed by atoms with Crippen molar-refractivity contribution in [3.63, 3.8) is 0 Å². The Morgan fingerprint density at radius 1 is 1.17 bits per heavy atom. The van der Waals surface area contributed by atoms with Gasteiger partial charge in [0, 0.05) is 5.56 Å². The minimum Gasteiger partial charge on any atom is -0.507 e. The number of carbonyl (C=O) groups excluding carboxylic acids is 2. The van der Waals surface area contributed by atoms with Crippen LogP contribution in [0, 0.1) is 0 Å². The van der Waals surface area contributed by atoms with Crippen molar-refractivity contribution in [2.45, 2.75) is 39.3 Å². The second-order valence-corrected chi connectivity index (χ2v) is 7.23. The maximum absolute atomic E-state index is 11.9. The quantitative estimate of drug-likeness (QED) is 0.326. The Labute approximate surface area is 169 Å². The average Bonchev–Trinajstić information content (AvgIpc) is 3.26. The Hall–Kier alpha value is -3.13. The number of hydrogen-bond acceptors (Lipinski definition) is 5. The summed E-state index contributed by atoms with van der Waals surface area (Å²) in [4.78, 5) is 25.2. The number of phenols is 1. The molecule has 0 spiro atoms. The van der Waals surface area contributed by atoms with Gasteiger partial charge < -0.3 is 19.7 Å². The number of furan rings is 1. The molecule has 8 nitrogen and oxygen atoms in total. The number of hydrogen-bond donors (Lipinski definition) is 4. The van der Waals surface area contributed by atoms with Gasteiger partial charge in [-0.25, -0.2) is 5.43 Å². The summed E-state index contributed by atoms with van der Waals surface area (Å²) in [6.45, 7) is 4.85. The molecule has 8 heteroatoms. The van der Waals surface area contributed by atoms with E-state index in [0.29, 0.717) is 11.5 Å². The second kappa shape index (κ2) is 9.88. The normalized spacial score (nSPS) is 15.1. The predicted molar refractivity (Wildman–Crippen MR) is 107 cm³/mol. The molecule has 1 aliphatic rings. The van der Waals surface area contributed by atoms with E-state index in [4.69, 9.17) is 4.42 Å². The van der Waals surface area contributed by atoms with Crippen molar-refractivity contribution in [3.8, 4) is 5.75 Å². The number of piperidine rings is 1. The molecule has 4 N–H and O–H groups in total. The number of phenolic OH excluding ortho intramolecular Hbond substituents is 1. The fraction of sp³-hybridized carbons (Fsp3) is 0.381. The first-order valence-corrected chi connectivity index (χ1v) is 9.83. The summed E-state index contributed by atoms with van der Waals surface area (Å²) in [6, 6.07) is 8.68. The van der Waals surface area contributed by atoms with Gasteiger partial charge in [-0.1, -0.05) is 0 Å². The zero-order valence-corrected chi connectivity index (χ0v) is 16.5. The Balaban J connectivity index is 1.57. The number of benzene rings is 1. The minimum atomic E-state index is -0.854. The highest BCUT2D eigenvalue weighted by atomic mass is 16.3. The predicted octanol–water partition coefficient (Wildman–Crippen LogP) is 0.711. The third-order valence-electron chi connectivity index (χ3n) is 5.03. The van der Waals surface area contributed by atoms with Crippen LogP contribution < -0.4 is 15.6 Å². The van der Waals surface area contributed by atoms with E-state index in [1.54, 1.807) is 31.2 Å². The maximum Gasteiger partial charge on any atom is 0.329 e. The molecule has 0 aliphatic carbocycles. The van der Waals surface area contributed by atoms with E-state index >= 15 is 0 Å². The summed E-state index contributed by atoms with van der Waals surface area (Å²) in [5, 5.41) is 16.7. The van der Waals surface area contributed by atoms with Crippen LogP contribution in [0.2, 0.25) is 0 Å². The van der Waals surface area contributed by atoms with Crippen molar-refractivity contribution < 1.29 is 24.0 Å². The molecule has 154 valence electrons. The highest BCUT2D eigenvalue weighted by molar-refractivity contribution is 6.35. The molecule has 1 saturated heterocycles. The van der Waals surface area contributed by atoms with Crippen molar-refractivity contribution in [1.29, 1.82) is 0 Å². The van der Waals surface area contributed by atoms with Gasteiger partial charge in [-0.05, 0) is 62.1 Å². The average molecular weight is 399 g/mol. The molecule has 0 radical (unpaired) electrons. The van der Waals surface area contributed by atoms with Crippen LogP contribution in [-0.4, -0.2) is 35.7 Å². The number of quaternary nitrogens is 1. The molecule has 1 aromatic carbocycles. The van der Waals surface area contributed by atoms with E-state index in [0.717, 1.165) is 30.8 Å². The first kappa shape index (κ1) is 20.6. The number of hydrazone groups is 1. The molecule has 0 saturated carbocycles. The number of aromatic hydroxyl groups is 1. The molecule has 3 rings (SSSR count). The van der Waals surface area contributed by atoms with Crippen LogP contribution >= 0.6 is 0 Å². The molecule has 1 fully saturated rings. The molecule has 0 bridgehead atoms. The van der Waals surface area contributed by atoms with Gasteiger partial charge in [0.25, 0.3) is 0 Å². The fourth-order valence-corrected chi connectivity index (χ4v) is 3.36. The summed E-state index contributed by atoms with van der Waals surface area (Å²) in [5.74, 6) is -0.829. The number of likely N-dealkylation sites (tertiary alicyclic amines) is 1. The van der Waals surface area contributed by atoms with Gasteiger partial charge in [-0.3, -0.25) is 9.59 Å². The number of amides is 2. The third kappa shape index (κ3) is 5.92. The van der Waals surface area contributed by atoms with E-state index in [1.165, 1.54) is 30.4 Å². The van der Waals surface area contributed by atoms with Gasteiger partial charge in [-0.15, -0.1) is 0 Å². The SMILES string of the molecule is C/C(=N\NC(=O)C(=O)NCc1ccco1)c1ccc(O)c(C[NH+]2CCCCC2)c1. The van der Waals surface area contributed by atoms with Crippen LogP contribution in [-0.2, 0) is 22.7 Å². The summed E-state index contributed by atoms with van der Waals surface area (Å²) in [7, 11) is 0. The summed E-state index contributed by atoms with van der Waals surface area (Å²) < 4.78 is 5.10. The van der Waals surface area contributed by atoms with Crippen LogP contribution in [0.25, 0.3) is 0 Å². The molecular formula is C21H27N4O4+. The van der Waals surface area contributed by atoms with Gasteiger partial charge in [0.05, 0.1) is 31.6 Å².